The third-order valence-electron chi connectivity index (χ3n) is 3.63. The highest BCUT2D eigenvalue weighted by molar-refractivity contribution is 5.76. The molecule has 1 saturated heterocycles. The third-order valence-corrected chi connectivity index (χ3v) is 3.63. The van der Waals surface area contributed by atoms with Gasteiger partial charge in [-0.25, -0.2) is 4.98 Å². The van der Waals surface area contributed by atoms with Crippen molar-refractivity contribution in [3.63, 3.8) is 0 Å². The summed E-state index contributed by atoms with van der Waals surface area (Å²) < 4.78 is 7.49. The number of likely N-dealkylation sites (tertiary alicyclic amines) is 1. The molecule has 1 aromatic carbocycles. The summed E-state index contributed by atoms with van der Waals surface area (Å²) in [6.07, 6.45) is 5.93. The lowest BCUT2D eigenvalue weighted by Gasteiger charge is -2.26. The molecule has 0 radical (unpaired) electrons. The lowest BCUT2D eigenvalue weighted by molar-refractivity contribution is 0.184. The number of imidazole rings is 1. The first kappa shape index (κ1) is 11.5. The van der Waals surface area contributed by atoms with E-state index in [-0.39, 0.29) is 0 Å². The van der Waals surface area contributed by atoms with E-state index in [1.165, 1.54) is 32.4 Å². The van der Waals surface area contributed by atoms with Crippen LogP contribution in [0.5, 0.6) is 5.75 Å². The van der Waals surface area contributed by atoms with Gasteiger partial charge in [-0.1, -0.05) is 6.42 Å². The molecule has 18 heavy (non-hydrogen) atoms. The van der Waals surface area contributed by atoms with Crippen LogP contribution in [0.25, 0.3) is 11.0 Å². The molecule has 4 heteroatoms. The van der Waals surface area contributed by atoms with Gasteiger partial charge in [-0.3, -0.25) is 4.90 Å². The summed E-state index contributed by atoms with van der Waals surface area (Å²) in [5.74, 6) is 0.892. The van der Waals surface area contributed by atoms with Crippen molar-refractivity contribution in [2.45, 2.75) is 25.9 Å². The van der Waals surface area contributed by atoms with E-state index in [2.05, 4.69) is 20.5 Å². The summed E-state index contributed by atoms with van der Waals surface area (Å²) in [5, 5.41) is 0. The highest BCUT2D eigenvalue weighted by Crippen LogP contribution is 2.20. The van der Waals surface area contributed by atoms with Crippen LogP contribution in [-0.2, 0) is 6.67 Å². The Hall–Kier alpha value is -1.55. The molecule has 0 N–H and O–H groups in total. The Kier molecular flexibility index (Phi) is 3.19. The highest BCUT2D eigenvalue weighted by Gasteiger charge is 2.12. The summed E-state index contributed by atoms with van der Waals surface area (Å²) in [6, 6.07) is 6.04. The normalized spacial score (nSPS) is 17.2. The van der Waals surface area contributed by atoms with Crippen molar-refractivity contribution in [3.05, 3.63) is 24.5 Å². The van der Waals surface area contributed by atoms with Gasteiger partial charge in [0.05, 0.1) is 31.1 Å². The molecule has 1 aliphatic rings. The van der Waals surface area contributed by atoms with Crippen LogP contribution in [-0.4, -0.2) is 34.7 Å². The molecule has 0 bridgehead atoms. The summed E-state index contributed by atoms with van der Waals surface area (Å²) in [4.78, 5) is 6.93. The first-order chi connectivity index (χ1) is 8.86. The van der Waals surface area contributed by atoms with Crippen LogP contribution in [0.2, 0.25) is 0 Å². The minimum atomic E-state index is 0.892. The fourth-order valence-electron chi connectivity index (χ4n) is 2.59. The quantitative estimate of drug-likeness (QED) is 0.832. The highest BCUT2D eigenvalue weighted by atomic mass is 16.5. The Balaban J connectivity index is 1.86. The van der Waals surface area contributed by atoms with Gasteiger partial charge in [0.15, 0.2) is 0 Å². The van der Waals surface area contributed by atoms with Gasteiger partial charge < -0.3 is 9.30 Å². The van der Waals surface area contributed by atoms with E-state index < -0.39 is 0 Å². The molecule has 0 saturated carbocycles. The van der Waals surface area contributed by atoms with Crippen molar-refractivity contribution in [2.24, 2.45) is 0 Å². The summed E-state index contributed by atoms with van der Waals surface area (Å²) in [5.41, 5.74) is 2.19. The molecule has 0 spiro atoms. The Morgan fingerprint density at radius 3 is 2.83 bits per heavy atom. The maximum absolute atomic E-state index is 5.28. The number of methoxy groups -OCH3 is 1. The van der Waals surface area contributed by atoms with Crippen LogP contribution in [0, 0.1) is 0 Å². The number of hydrogen-bond acceptors (Lipinski definition) is 3. The van der Waals surface area contributed by atoms with Crippen molar-refractivity contribution in [1.82, 2.24) is 14.5 Å². The minimum absolute atomic E-state index is 0.892. The van der Waals surface area contributed by atoms with Gasteiger partial charge in [0.1, 0.15) is 5.75 Å². The van der Waals surface area contributed by atoms with Crippen molar-refractivity contribution < 1.29 is 4.74 Å². The van der Waals surface area contributed by atoms with Gasteiger partial charge in [0.2, 0.25) is 0 Å². The number of hydrogen-bond donors (Lipinski definition) is 0. The Morgan fingerprint density at radius 2 is 2.06 bits per heavy atom. The monoisotopic (exact) mass is 245 g/mol. The lowest BCUT2D eigenvalue weighted by atomic mass is 10.1. The average molecular weight is 245 g/mol. The topological polar surface area (TPSA) is 30.3 Å². The summed E-state index contributed by atoms with van der Waals surface area (Å²) >= 11 is 0. The zero-order chi connectivity index (χ0) is 12.4. The number of ether oxygens (including phenoxy) is 1. The second-order valence-electron chi connectivity index (χ2n) is 4.89. The largest absolute Gasteiger partial charge is 0.497 e. The zero-order valence-electron chi connectivity index (χ0n) is 10.8. The number of piperidine rings is 1. The first-order valence-electron chi connectivity index (χ1n) is 6.58. The van der Waals surface area contributed by atoms with E-state index in [0.29, 0.717) is 0 Å². The maximum Gasteiger partial charge on any atom is 0.121 e. The van der Waals surface area contributed by atoms with E-state index in [1.807, 2.05) is 18.5 Å². The van der Waals surface area contributed by atoms with Crippen LogP contribution in [0.3, 0.4) is 0 Å². The van der Waals surface area contributed by atoms with Crippen molar-refractivity contribution >= 4 is 11.0 Å². The van der Waals surface area contributed by atoms with E-state index in [4.69, 9.17) is 4.74 Å². The molecule has 2 aromatic rings. The number of benzene rings is 1. The predicted molar refractivity (Wildman–Crippen MR) is 71.7 cm³/mol. The fraction of sp³-hybridized carbons (Fsp3) is 0.500. The first-order valence-corrected chi connectivity index (χ1v) is 6.58. The Labute approximate surface area is 107 Å². The fourth-order valence-corrected chi connectivity index (χ4v) is 2.59. The molecule has 3 rings (SSSR count). The summed E-state index contributed by atoms with van der Waals surface area (Å²) in [6.45, 7) is 3.33. The SMILES string of the molecule is COc1ccc2ncn(CN3CCCCC3)c2c1. The van der Waals surface area contributed by atoms with Gasteiger partial charge in [0.25, 0.3) is 0 Å². The maximum atomic E-state index is 5.28. The van der Waals surface area contributed by atoms with Crippen LogP contribution < -0.4 is 4.74 Å². The number of nitrogens with zero attached hydrogens (tertiary/aromatic N) is 3. The Bertz CT molecular complexity index is 529. The third kappa shape index (κ3) is 2.20. The number of aromatic nitrogens is 2. The molecule has 4 nitrogen and oxygen atoms in total. The summed E-state index contributed by atoms with van der Waals surface area (Å²) in [7, 11) is 1.70. The van der Waals surface area contributed by atoms with E-state index in [9.17, 15) is 0 Å². The van der Waals surface area contributed by atoms with Gasteiger partial charge in [0, 0.05) is 6.07 Å². The molecule has 96 valence electrons. The van der Waals surface area contributed by atoms with Gasteiger partial charge in [-0.05, 0) is 38.1 Å². The standard InChI is InChI=1S/C14H19N3O/c1-18-12-5-6-13-14(9-12)17(10-15-13)11-16-7-3-2-4-8-16/h5-6,9-10H,2-4,7-8,11H2,1H3. The van der Waals surface area contributed by atoms with E-state index in [1.54, 1.807) is 7.11 Å². The van der Waals surface area contributed by atoms with E-state index in [0.717, 1.165) is 23.5 Å². The minimum Gasteiger partial charge on any atom is -0.497 e. The predicted octanol–water partition coefficient (Wildman–Crippen LogP) is 2.49. The zero-order valence-corrected chi connectivity index (χ0v) is 10.8. The molecule has 0 aliphatic carbocycles. The van der Waals surface area contributed by atoms with Crippen LogP contribution in [0.1, 0.15) is 19.3 Å². The van der Waals surface area contributed by atoms with Gasteiger partial charge in [-0.2, -0.15) is 0 Å². The molecule has 0 unspecified atom stereocenters. The molecular weight excluding hydrogens is 226 g/mol. The van der Waals surface area contributed by atoms with Crippen molar-refractivity contribution in [1.29, 1.82) is 0 Å². The number of fused-ring (bicyclic) bond motifs is 1. The van der Waals surface area contributed by atoms with Crippen LogP contribution in [0.15, 0.2) is 24.5 Å². The molecule has 1 aliphatic heterocycles. The molecule has 1 fully saturated rings. The number of rotatable bonds is 3. The van der Waals surface area contributed by atoms with Gasteiger partial charge in [-0.15, -0.1) is 0 Å². The van der Waals surface area contributed by atoms with Crippen molar-refractivity contribution in [2.75, 3.05) is 20.2 Å². The van der Waals surface area contributed by atoms with Crippen LogP contribution in [0.4, 0.5) is 0 Å². The molecular formula is C14H19N3O. The molecule has 0 atom stereocenters. The molecule has 0 amide bonds. The molecule has 1 aromatic heterocycles. The lowest BCUT2D eigenvalue weighted by Crippen LogP contribution is -2.31. The van der Waals surface area contributed by atoms with Gasteiger partial charge >= 0.3 is 0 Å². The second-order valence-corrected chi connectivity index (χ2v) is 4.89. The van der Waals surface area contributed by atoms with Crippen LogP contribution >= 0.6 is 0 Å². The Morgan fingerprint density at radius 1 is 1.22 bits per heavy atom. The second kappa shape index (κ2) is 4.98. The van der Waals surface area contributed by atoms with E-state index >= 15 is 0 Å². The molecule has 2 heterocycles. The van der Waals surface area contributed by atoms with Crippen molar-refractivity contribution in [3.8, 4) is 5.75 Å². The average Bonchev–Trinajstić information content (AvgIpc) is 2.82. The smallest absolute Gasteiger partial charge is 0.121 e.